The molecule has 0 amide bonds. The van der Waals surface area contributed by atoms with E-state index in [1.165, 1.54) is 24.3 Å². The second-order valence-corrected chi connectivity index (χ2v) is 5.54. The van der Waals surface area contributed by atoms with Crippen molar-refractivity contribution in [3.8, 4) is 23.0 Å². The lowest BCUT2D eigenvalue weighted by Crippen LogP contribution is -2.09. The predicted octanol–water partition coefficient (Wildman–Crippen LogP) is 4.22. The molecule has 3 aromatic rings. The van der Waals surface area contributed by atoms with Gasteiger partial charge in [0.2, 0.25) is 0 Å². The van der Waals surface area contributed by atoms with Crippen molar-refractivity contribution in [2.24, 2.45) is 0 Å². The Kier molecular flexibility index (Phi) is 5.14. The van der Waals surface area contributed by atoms with Crippen LogP contribution in [0.25, 0.3) is 21.5 Å². The number of carboxylic acid groups (broad SMARTS) is 4. The van der Waals surface area contributed by atoms with Crippen LogP contribution < -0.4 is 18.9 Å². The lowest BCUT2D eigenvalue weighted by Gasteiger charge is -2.14. The van der Waals surface area contributed by atoms with Gasteiger partial charge in [-0.3, -0.25) is 0 Å². The minimum Gasteiger partial charge on any atom is -0.449 e. The quantitative estimate of drug-likeness (QED) is 0.269. The van der Waals surface area contributed by atoms with Crippen molar-refractivity contribution in [2.75, 3.05) is 0 Å². The maximum atomic E-state index is 11.1. The molecule has 154 valence electrons. The number of hydrogen-bond donors (Lipinski definition) is 4. The van der Waals surface area contributed by atoms with Crippen molar-refractivity contribution in [3.63, 3.8) is 0 Å². The summed E-state index contributed by atoms with van der Waals surface area (Å²) in [7, 11) is 0. The first-order valence-corrected chi connectivity index (χ1v) is 7.82. The summed E-state index contributed by atoms with van der Waals surface area (Å²) in [6, 6.07) is 7.48. The number of ether oxygens (including phenoxy) is 4. The summed E-state index contributed by atoms with van der Waals surface area (Å²) < 4.78 is 18.5. The van der Waals surface area contributed by atoms with Crippen LogP contribution in [-0.4, -0.2) is 45.0 Å². The Morgan fingerprint density at radius 1 is 0.533 bits per heavy atom. The standard InChI is InChI=1S/C18H10O12/c19-15(20)27-7-1-2-8-9-3-4-12(28-16(21)22)14(30-18(25)26)11(9)6-13(10(8)5-7)29-17(23)24/h1-6H,(H,19,20)(H,21,22)(H,23,24)(H,25,26). The molecule has 0 aliphatic heterocycles. The van der Waals surface area contributed by atoms with Crippen LogP contribution in [0, 0.1) is 0 Å². The second-order valence-electron chi connectivity index (χ2n) is 5.54. The third-order valence-corrected chi connectivity index (χ3v) is 3.77. The topological polar surface area (TPSA) is 186 Å². The lowest BCUT2D eigenvalue weighted by atomic mass is 9.99. The van der Waals surface area contributed by atoms with E-state index in [-0.39, 0.29) is 22.3 Å². The molecule has 0 aliphatic carbocycles. The van der Waals surface area contributed by atoms with Gasteiger partial charge in [0.1, 0.15) is 11.5 Å². The Labute approximate surface area is 165 Å². The van der Waals surface area contributed by atoms with Crippen LogP contribution in [-0.2, 0) is 0 Å². The highest BCUT2D eigenvalue weighted by Crippen LogP contribution is 2.43. The number of carbonyl (C=O) groups is 4. The smallest absolute Gasteiger partial charge is 0.449 e. The number of benzene rings is 3. The fourth-order valence-electron chi connectivity index (χ4n) is 2.84. The summed E-state index contributed by atoms with van der Waals surface area (Å²) in [4.78, 5) is 43.9. The molecule has 0 saturated heterocycles. The average Bonchev–Trinajstić information content (AvgIpc) is 2.62. The van der Waals surface area contributed by atoms with E-state index >= 15 is 0 Å². The third-order valence-electron chi connectivity index (χ3n) is 3.77. The van der Waals surface area contributed by atoms with Gasteiger partial charge in [0.25, 0.3) is 0 Å². The van der Waals surface area contributed by atoms with Gasteiger partial charge in [-0.15, -0.1) is 0 Å². The predicted molar refractivity (Wildman–Crippen MR) is 96.1 cm³/mol. The van der Waals surface area contributed by atoms with E-state index in [0.29, 0.717) is 10.8 Å². The first-order valence-electron chi connectivity index (χ1n) is 7.82. The Morgan fingerprint density at radius 2 is 1.07 bits per heavy atom. The van der Waals surface area contributed by atoms with E-state index in [4.69, 9.17) is 25.2 Å². The zero-order valence-corrected chi connectivity index (χ0v) is 14.5. The summed E-state index contributed by atoms with van der Waals surface area (Å²) >= 11 is 0. The number of rotatable bonds is 4. The molecule has 0 radical (unpaired) electrons. The van der Waals surface area contributed by atoms with Crippen molar-refractivity contribution in [3.05, 3.63) is 36.4 Å². The minimum atomic E-state index is -1.77. The van der Waals surface area contributed by atoms with Crippen LogP contribution in [0.2, 0.25) is 0 Å². The van der Waals surface area contributed by atoms with Gasteiger partial charge >= 0.3 is 24.6 Å². The molecule has 12 heteroatoms. The van der Waals surface area contributed by atoms with Gasteiger partial charge in [-0.05, 0) is 47.2 Å². The summed E-state index contributed by atoms with van der Waals surface area (Å²) in [5, 5.41) is 36.4. The van der Waals surface area contributed by atoms with Crippen molar-refractivity contribution in [1.82, 2.24) is 0 Å². The molecule has 0 aliphatic rings. The molecule has 0 heterocycles. The molecule has 0 saturated carbocycles. The maximum absolute atomic E-state index is 11.1. The largest absolute Gasteiger partial charge is 0.511 e. The Balaban J connectivity index is 2.38. The van der Waals surface area contributed by atoms with Crippen LogP contribution in [0.15, 0.2) is 36.4 Å². The fourth-order valence-corrected chi connectivity index (χ4v) is 2.84. The maximum Gasteiger partial charge on any atom is 0.511 e. The monoisotopic (exact) mass is 418 g/mol. The molecule has 0 fully saturated rings. The van der Waals surface area contributed by atoms with Crippen LogP contribution >= 0.6 is 0 Å². The van der Waals surface area contributed by atoms with Gasteiger partial charge in [-0.25, -0.2) is 19.2 Å². The van der Waals surface area contributed by atoms with E-state index in [9.17, 15) is 19.2 Å². The Bertz CT molecular complexity index is 1210. The normalized spacial score (nSPS) is 10.4. The van der Waals surface area contributed by atoms with Gasteiger partial charge in [0.05, 0.1) is 0 Å². The molecule has 0 unspecified atom stereocenters. The van der Waals surface area contributed by atoms with Crippen molar-refractivity contribution < 1.29 is 58.6 Å². The van der Waals surface area contributed by atoms with Gasteiger partial charge < -0.3 is 39.4 Å². The van der Waals surface area contributed by atoms with Crippen LogP contribution in [0.5, 0.6) is 23.0 Å². The minimum absolute atomic E-state index is 0.0354. The van der Waals surface area contributed by atoms with Crippen molar-refractivity contribution in [1.29, 1.82) is 0 Å². The van der Waals surface area contributed by atoms with Crippen LogP contribution in [0.3, 0.4) is 0 Å². The number of fused-ring (bicyclic) bond motifs is 3. The fraction of sp³-hybridized carbons (Fsp3) is 0. The van der Waals surface area contributed by atoms with Crippen LogP contribution in [0.1, 0.15) is 0 Å². The molecule has 0 spiro atoms. The highest BCUT2D eigenvalue weighted by atomic mass is 16.7. The average molecular weight is 418 g/mol. The molecule has 12 nitrogen and oxygen atoms in total. The van der Waals surface area contributed by atoms with Crippen LogP contribution in [0.4, 0.5) is 19.2 Å². The molecular weight excluding hydrogens is 408 g/mol. The van der Waals surface area contributed by atoms with E-state index in [1.807, 2.05) is 0 Å². The zero-order chi connectivity index (χ0) is 22.0. The van der Waals surface area contributed by atoms with E-state index < -0.39 is 36.1 Å². The summed E-state index contributed by atoms with van der Waals surface area (Å²) in [6.45, 7) is 0. The molecule has 0 bridgehead atoms. The zero-order valence-electron chi connectivity index (χ0n) is 14.5. The first kappa shape index (κ1) is 20.0. The second kappa shape index (κ2) is 7.71. The molecular formula is C18H10O12. The van der Waals surface area contributed by atoms with Crippen molar-refractivity contribution in [2.45, 2.75) is 0 Å². The first-order chi connectivity index (χ1) is 14.2. The highest BCUT2D eigenvalue weighted by molar-refractivity contribution is 6.13. The summed E-state index contributed by atoms with van der Waals surface area (Å²) in [5.41, 5.74) is 0. The van der Waals surface area contributed by atoms with Gasteiger partial charge in [-0.1, -0.05) is 0 Å². The Hall–Kier alpha value is -4.74. The molecule has 0 aromatic heterocycles. The SMILES string of the molecule is O=C(O)Oc1ccc2c(c1)c(OC(=O)O)cc1c(OC(=O)O)c(OC(=O)O)ccc12. The molecule has 0 atom stereocenters. The molecule has 4 N–H and O–H groups in total. The molecule has 3 rings (SSSR count). The lowest BCUT2D eigenvalue weighted by molar-refractivity contribution is 0.133. The van der Waals surface area contributed by atoms with E-state index in [1.54, 1.807) is 0 Å². The van der Waals surface area contributed by atoms with Gasteiger partial charge in [0.15, 0.2) is 11.5 Å². The molecule has 3 aromatic carbocycles. The third kappa shape index (κ3) is 4.06. The summed E-state index contributed by atoms with van der Waals surface area (Å²) in [6.07, 6.45) is -6.81. The molecule has 30 heavy (non-hydrogen) atoms. The van der Waals surface area contributed by atoms with Crippen molar-refractivity contribution >= 4 is 46.2 Å². The Morgan fingerprint density at radius 3 is 1.67 bits per heavy atom. The van der Waals surface area contributed by atoms with Gasteiger partial charge in [0, 0.05) is 10.8 Å². The van der Waals surface area contributed by atoms with E-state index in [2.05, 4.69) is 14.2 Å². The number of hydrogen-bond acceptors (Lipinski definition) is 8. The van der Waals surface area contributed by atoms with E-state index in [0.717, 1.165) is 12.1 Å². The highest BCUT2D eigenvalue weighted by Gasteiger charge is 2.21. The van der Waals surface area contributed by atoms with Gasteiger partial charge in [-0.2, -0.15) is 0 Å². The summed E-state index contributed by atoms with van der Waals surface area (Å²) in [5.74, 6) is -1.41.